The fraction of sp³-hybridized carbons (Fsp3) is 1.00. The molecular weight excluding hydrogens is 260 g/mol. The van der Waals surface area contributed by atoms with Crippen molar-refractivity contribution in [2.75, 3.05) is 26.4 Å². The molecule has 1 aliphatic heterocycles. The topological polar surface area (TPSA) is 36.9 Å². The summed E-state index contributed by atoms with van der Waals surface area (Å²) in [7, 11) is -2.29. The molecule has 1 fully saturated rings. The summed E-state index contributed by atoms with van der Waals surface area (Å²) in [5, 5.41) is 0. The zero-order valence-electron chi connectivity index (χ0n) is 10.6. The number of hydrogen-bond acceptors (Lipinski definition) is 5. The molecule has 16 heavy (non-hydrogen) atoms. The van der Waals surface area contributed by atoms with Crippen LogP contribution in [0.3, 0.4) is 0 Å². The Morgan fingerprint density at radius 3 is 1.19 bits per heavy atom. The second kappa shape index (κ2) is 6.53. The molecule has 0 amide bonds. The van der Waals surface area contributed by atoms with E-state index in [2.05, 4.69) is 0 Å². The van der Waals surface area contributed by atoms with Crippen LogP contribution in [-0.4, -0.2) is 41.8 Å². The number of rotatable bonds is 8. The Bertz CT molecular complexity index is 176. The first-order valence-electron chi connectivity index (χ1n) is 5.91. The maximum Gasteiger partial charge on any atom is 0.407 e. The van der Waals surface area contributed by atoms with E-state index in [-0.39, 0.29) is 0 Å². The van der Waals surface area contributed by atoms with Gasteiger partial charge in [0.15, 0.2) is 0 Å². The van der Waals surface area contributed by atoms with E-state index in [1.165, 1.54) is 0 Å². The van der Waals surface area contributed by atoms with Crippen LogP contribution in [0.4, 0.5) is 0 Å². The van der Waals surface area contributed by atoms with E-state index in [0.717, 1.165) is 5.67 Å². The van der Waals surface area contributed by atoms with Gasteiger partial charge in [0.25, 0.3) is 0 Å². The molecule has 0 saturated carbocycles. The molecule has 7 heteroatoms. The molecule has 0 aromatic rings. The van der Waals surface area contributed by atoms with Gasteiger partial charge in [0.05, 0.1) is 5.67 Å². The van der Waals surface area contributed by atoms with Crippen molar-refractivity contribution in [2.24, 2.45) is 0 Å². The average Bonchev–Trinajstić information content (AvgIpc) is 2.17. The van der Waals surface area contributed by atoms with Crippen molar-refractivity contribution < 1.29 is 17.7 Å². The second-order valence-electron chi connectivity index (χ2n) is 3.38. The molecule has 0 unspecified atom stereocenters. The highest BCUT2D eigenvalue weighted by molar-refractivity contribution is 8.52. The van der Waals surface area contributed by atoms with Crippen LogP contribution in [0, 0.1) is 0 Å². The Morgan fingerprint density at radius 2 is 1.00 bits per heavy atom. The van der Waals surface area contributed by atoms with Gasteiger partial charge in [0.1, 0.15) is 0 Å². The quantitative estimate of drug-likeness (QED) is 0.639. The van der Waals surface area contributed by atoms with E-state index in [4.69, 9.17) is 17.7 Å². The first-order valence-corrected chi connectivity index (χ1v) is 12.2. The van der Waals surface area contributed by atoms with Crippen molar-refractivity contribution in [1.82, 2.24) is 0 Å². The minimum absolute atomic E-state index is 0.710. The van der Waals surface area contributed by atoms with Crippen LogP contribution >= 0.6 is 10.7 Å². The van der Waals surface area contributed by atoms with Gasteiger partial charge in [-0.1, -0.05) is 10.7 Å². The summed E-state index contributed by atoms with van der Waals surface area (Å²) >= 11 is 0. The molecule has 1 rings (SSSR count). The van der Waals surface area contributed by atoms with Crippen LogP contribution in [0.15, 0.2) is 0 Å². The average molecular weight is 283 g/mol. The van der Waals surface area contributed by atoms with Crippen molar-refractivity contribution in [3.63, 3.8) is 0 Å². The van der Waals surface area contributed by atoms with Crippen LogP contribution in [0.2, 0.25) is 5.67 Å². The highest BCUT2D eigenvalue weighted by Crippen LogP contribution is 2.51. The summed E-state index contributed by atoms with van der Waals surface area (Å²) in [6.45, 7) is 10.9. The summed E-state index contributed by atoms with van der Waals surface area (Å²) < 4.78 is 23.2. The van der Waals surface area contributed by atoms with Crippen LogP contribution in [0.25, 0.3) is 0 Å². The van der Waals surface area contributed by atoms with Crippen LogP contribution in [0.1, 0.15) is 27.7 Å². The lowest BCUT2D eigenvalue weighted by Crippen LogP contribution is -2.64. The van der Waals surface area contributed by atoms with Gasteiger partial charge in [-0.25, -0.2) is 0 Å². The van der Waals surface area contributed by atoms with Crippen LogP contribution in [0.5, 0.6) is 0 Å². The molecule has 1 saturated heterocycles. The van der Waals surface area contributed by atoms with Gasteiger partial charge >= 0.3 is 15.4 Å². The summed E-state index contributed by atoms with van der Waals surface area (Å²) in [6.07, 6.45) is 0. The zero-order valence-corrected chi connectivity index (χ0v) is 13.4. The third-order valence-electron chi connectivity index (χ3n) is 2.20. The second-order valence-corrected chi connectivity index (χ2v) is 15.1. The molecule has 0 aromatic carbocycles. The standard InChI is InChI=1S/C9H22O4SSi2/c1-5-10-15(11-6-2)9-16(14-15,12-7-3)13-8-4/h5-9H2,1-4H3. The Hall–Kier alpha value is 0.624. The molecule has 0 atom stereocenters. The Morgan fingerprint density at radius 1 is 0.750 bits per heavy atom. The van der Waals surface area contributed by atoms with E-state index in [1.807, 2.05) is 27.7 Å². The molecular formula is C9H22O4SSi2. The van der Waals surface area contributed by atoms with E-state index in [0.29, 0.717) is 26.4 Å². The van der Waals surface area contributed by atoms with E-state index in [9.17, 15) is 0 Å². The molecule has 0 spiro atoms. The van der Waals surface area contributed by atoms with Gasteiger partial charge in [0, 0.05) is 26.4 Å². The van der Waals surface area contributed by atoms with Crippen LogP contribution < -0.4 is 0 Å². The largest absolute Gasteiger partial charge is 0.407 e. The summed E-state index contributed by atoms with van der Waals surface area (Å²) in [4.78, 5) is 0. The fourth-order valence-corrected chi connectivity index (χ4v) is 20.5. The van der Waals surface area contributed by atoms with Crippen molar-refractivity contribution in [2.45, 2.75) is 33.4 Å². The smallest absolute Gasteiger partial charge is 0.387 e. The lowest BCUT2D eigenvalue weighted by atomic mass is 10.9. The van der Waals surface area contributed by atoms with Gasteiger partial charge < -0.3 is 17.7 Å². The third-order valence-corrected chi connectivity index (χ3v) is 20.7. The fourth-order valence-electron chi connectivity index (χ4n) is 1.78. The summed E-state index contributed by atoms with van der Waals surface area (Å²) in [5.41, 5.74) is 0.897. The molecule has 0 bridgehead atoms. The van der Waals surface area contributed by atoms with Gasteiger partial charge in [-0.2, -0.15) is 0 Å². The van der Waals surface area contributed by atoms with Crippen molar-refractivity contribution in [3.05, 3.63) is 0 Å². The maximum atomic E-state index is 5.81. The minimum Gasteiger partial charge on any atom is -0.387 e. The predicted molar refractivity (Wildman–Crippen MR) is 70.4 cm³/mol. The van der Waals surface area contributed by atoms with Crippen molar-refractivity contribution in [3.8, 4) is 0 Å². The van der Waals surface area contributed by atoms with E-state index >= 15 is 0 Å². The molecule has 1 aliphatic rings. The minimum atomic E-state index is -2.02. The lowest BCUT2D eigenvalue weighted by molar-refractivity contribution is 0.178. The molecule has 0 N–H and O–H groups in total. The highest BCUT2D eigenvalue weighted by atomic mass is 32.5. The van der Waals surface area contributed by atoms with Gasteiger partial charge in [-0.15, -0.1) is 0 Å². The van der Waals surface area contributed by atoms with Crippen LogP contribution in [-0.2, 0) is 17.7 Å². The Kier molecular flexibility index (Phi) is 5.99. The lowest BCUT2D eigenvalue weighted by Gasteiger charge is -2.47. The Balaban J connectivity index is 2.56. The molecule has 96 valence electrons. The molecule has 0 aliphatic carbocycles. The summed E-state index contributed by atoms with van der Waals surface area (Å²) in [5.74, 6) is 0. The van der Waals surface area contributed by atoms with E-state index in [1.54, 1.807) is 10.7 Å². The molecule has 0 aromatic heterocycles. The Labute approximate surface area is 104 Å². The summed E-state index contributed by atoms with van der Waals surface area (Å²) in [6, 6.07) is 0. The first-order chi connectivity index (χ1) is 7.66. The van der Waals surface area contributed by atoms with Gasteiger partial charge in [-0.05, 0) is 27.7 Å². The van der Waals surface area contributed by atoms with E-state index < -0.39 is 15.4 Å². The first kappa shape index (κ1) is 14.7. The van der Waals surface area contributed by atoms with Crippen molar-refractivity contribution >= 4 is 26.1 Å². The van der Waals surface area contributed by atoms with Crippen molar-refractivity contribution in [1.29, 1.82) is 0 Å². The SMILES string of the molecule is CCO[Si]1(OCC)C[Si](OCC)(OCC)S1. The maximum absolute atomic E-state index is 5.81. The highest BCUT2D eigenvalue weighted by Gasteiger charge is 2.67. The molecule has 0 radical (unpaired) electrons. The predicted octanol–water partition coefficient (Wildman–Crippen LogP) is 2.30. The molecule has 1 heterocycles. The van der Waals surface area contributed by atoms with Gasteiger partial charge in [0.2, 0.25) is 0 Å². The third kappa shape index (κ3) is 3.31. The monoisotopic (exact) mass is 282 g/mol. The normalized spacial score (nSPS) is 21.8. The molecule has 4 nitrogen and oxygen atoms in total. The number of hydrogen-bond donors (Lipinski definition) is 0. The van der Waals surface area contributed by atoms with Gasteiger partial charge in [-0.3, -0.25) is 0 Å². The zero-order chi connectivity index (χ0) is 12.1.